The van der Waals surface area contributed by atoms with Gasteiger partial charge in [0.05, 0.1) is 6.54 Å². The molecule has 1 aromatic carbocycles. The van der Waals surface area contributed by atoms with Crippen molar-refractivity contribution in [3.8, 4) is 0 Å². The average Bonchev–Trinajstić information content (AvgIpc) is 2.93. The zero-order valence-corrected chi connectivity index (χ0v) is 14.8. The zero-order valence-electron chi connectivity index (χ0n) is 14.0. The van der Waals surface area contributed by atoms with E-state index in [9.17, 15) is 19.1 Å². The first-order valence-corrected chi connectivity index (χ1v) is 8.55. The largest absolute Gasteiger partial charge is 0.480 e. The van der Waals surface area contributed by atoms with Gasteiger partial charge in [-0.1, -0.05) is 31.0 Å². The monoisotopic (exact) mass is 370 g/mol. The maximum absolute atomic E-state index is 13.6. The summed E-state index contributed by atoms with van der Waals surface area (Å²) in [5.41, 5.74) is 0.428. The summed E-state index contributed by atoms with van der Waals surface area (Å²) in [4.78, 5) is 25.6. The van der Waals surface area contributed by atoms with E-state index >= 15 is 0 Å². The second-order valence-corrected chi connectivity index (χ2v) is 6.74. The third-order valence-electron chi connectivity index (χ3n) is 5.27. The Morgan fingerprint density at radius 2 is 1.96 bits per heavy atom. The first kappa shape index (κ1) is 19.7. The van der Waals surface area contributed by atoms with Crippen LogP contribution >= 0.6 is 12.4 Å². The molecule has 1 heterocycles. The van der Waals surface area contributed by atoms with Gasteiger partial charge in [0.1, 0.15) is 11.9 Å². The lowest BCUT2D eigenvalue weighted by Crippen LogP contribution is -2.47. The fraction of sp³-hybridized carbons (Fsp3) is 0.556. The van der Waals surface area contributed by atoms with Crippen LogP contribution in [0, 0.1) is 11.7 Å². The van der Waals surface area contributed by atoms with Crippen molar-refractivity contribution in [2.24, 2.45) is 5.92 Å². The van der Waals surface area contributed by atoms with Crippen LogP contribution < -0.4 is 5.32 Å². The van der Waals surface area contributed by atoms with Crippen LogP contribution in [0.25, 0.3) is 0 Å². The number of halogens is 2. The quantitative estimate of drug-likeness (QED) is 0.835. The number of hydrogen-bond acceptors (Lipinski definition) is 3. The minimum atomic E-state index is -0.855. The topological polar surface area (TPSA) is 69.6 Å². The van der Waals surface area contributed by atoms with E-state index in [1.54, 1.807) is 18.2 Å². The van der Waals surface area contributed by atoms with Gasteiger partial charge in [-0.2, -0.15) is 0 Å². The lowest BCUT2D eigenvalue weighted by Gasteiger charge is -2.32. The molecule has 3 rings (SSSR count). The van der Waals surface area contributed by atoms with Gasteiger partial charge in [0.25, 0.3) is 0 Å². The molecule has 0 bridgehead atoms. The number of carboxylic acids is 1. The number of carboxylic acid groups (broad SMARTS) is 1. The second kappa shape index (κ2) is 8.63. The molecule has 138 valence electrons. The molecule has 7 heteroatoms. The highest BCUT2D eigenvalue weighted by Gasteiger charge is 2.45. The minimum Gasteiger partial charge on any atom is -0.480 e. The van der Waals surface area contributed by atoms with Gasteiger partial charge in [0.15, 0.2) is 0 Å². The Morgan fingerprint density at radius 1 is 1.24 bits per heavy atom. The molecule has 1 aliphatic heterocycles. The number of aliphatic carboxylic acids is 1. The van der Waals surface area contributed by atoms with Crippen LogP contribution in [0.4, 0.5) is 4.39 Å². The van der Waals surface area contributed by atoms with Crippen molar-refractivity contribution < 1.29 is 19.1 Å². The summed E-state index contributed by atoms with van der Waals surface area (Å²) in [6, 6.07) is 5.90. The maximum Gasteiger partial charge on any atom is 0.320 e. The lowest BCUT2D eigenvalue weighted by atomic mass is 9.85. The highest BCUT2D eigenvalue weighted by Crippen LogP contribution is 2.39. The van der Waals surface area contributed by atoms with E-state index in [0.29, 0.717) is 17.9 Å². The summed E-state index contributed by atoms with van der Waals surface area (Å²) in [6.45, 7) is 0.178. The van der Waals surface area contributed by atoms with E-state index in [1.165, 1.54) is 6.07 Å². The molecule has 3 atom stereocenters. The van der Waals surface area contributed by atoms with E-state index < -0.39 is 12.0 Å². The molecular weight excluding hydrogens is 347 g/mol. The fourth-order valence-electron chi connectivity index (χ4n) is 4.08. The highest BCUT2D eigenvalue weighted by atomic mass is 35.5. The van der Waals surface area contributed by atoms with Gasteiger partial charge < -0.3 is 10.4 Å². The lowest BCUT2D eigenvalue weighted by molar-refractivity contribution is -0.143. The Balaban J connectivity index is 0.00000225. The third-order valence-corrected chi connectivity index (χ3v) is 5.27. The van der Waals surface area contributed by atoms with E-state index in [0.717, 1.165) is 25.7 Å². The molecule has 1 aliphatic carbocycles. The van der Waals surface area contributed by atoms with Crippen molar-refractivity contribution in [3.63, 3.8) is 0 Å². The molecule has 0 spiro atoms. The summed E-state index contributed by atoms with van der Waals surface area (Å²) in [7, 11) is 0. The van der Waals surface area contributed by atoms with Gasteiger partial charge in [-0.15, -0.1) is 12.4 Å². The molecule has 3 unspecified atom stereocenters. The number of nitrogens with one attached hydrogen (secondary N) is 1. The number of carbonyl (C=O) groups is 2. The molecule has 0 radical (unpaired) electrons. The average molecular weight is 371 g/mol. The molecule has 2 N–H and O–H groups in total. The Morgan fingerprint density at radius 3 is 2.68 bits per heavy atom. The molecule has 1 saturated carbocycles. The third kappa shape index (κ3) is 4.50. The number of amides is 1. The summed E-state index contributed by atoms with van der Waals surface area (Å²) in [5.74, 6) is -1.09. The Bertz CT molecular complexity index is 628. The minimum absolute atomic E-state index is 0. The van der Waals surface area contributed by atoms with Crippen LogP contribution in [0.3, 0.4) is 0 Å². The van der Waals surface area contributed by atoms with Crippen LogP contribution in [-0.4, -0.2) is 40.5 Å². The van der Waals surface area contributed by atoms with Crippen molar-refractivity contribution >= 4 is 24.3 Å². The number of hydrogen-bond donors (Lipinski definition) is 2. The van der Waals surface area contributed by atoms with Gasteiger partial charge in [-0.05, 0) is 31.2 Å². The van der Waals surface area contributed by atoms with Gasteiger partial charge in [0.2, 0.25) is 5.91 Å². The normalized spacial score (nSPS) is 25.7. The van der Waals surface area contributed by atoms with Crippen LogP contribution in [0.2, 0.25) is 0 Å². The summed E-state index contributed by atoms with van der Waals surface area (Å²) >= 11 is 0. The molecule has 1 aromatic rings. The Hall–Kier alpha value is -1.66. The molecule has 2 aliphatic rings. The van der Waals surface area contributed by atoms with Crippen LogP contribution in [0.15, 0.2) is 24.3 Å². The van der Waals surface area contributed by atoms with Crippen LogP contribution in [0.5, 0.6) is 0 Å². The van der Waals surface area contributed by atoms with Crippen LogP contribution in [-0.2, 0) is 16.1 Å². The molecular formula is C18H24ClFN2O3. The van der Waals surface area contributed by atoms with Crippen molar-refractivity contribution in [2.45, 2.75) is 50.7 Å². The number of carbonyl (C=O) groups excluding carboxylic acids is 1. The van der Waals surface area contributed by atoms with Crippen LogP contribution in [0.1, 0.15) is 37.7 Å². The van der Waals surface area contributed by atoms with E-state index in [4.69, 9.17) is 0 Å². The molecule has 2 fully saturated rings. The van der Waals surface area contributed by atoms with Gasteiger partial charge in [-0.25, -0.2) is 4.39 Å². The fourth-order valence-corrected chi connectivity index (χ4v) is 4.08. The number of nitrogens with zero attached hydrogens (tertiary/aromatic N) is 1. The predicted octanol–water partition coefficient (Wildman–Crippen LogP) is 2.58. The Labute approximate surface area is 153 Å². The SMILES string of the molecule is Cl.O=C(CN1C(C(=O)O)CC2CCCCC21)NCc1ccccc1F. The van der Waals surface area contributed by atoms with E-state index in [1.807, 2.05) is 4.90 Å². The molecule has 1 amide bonds. The van der Waals surface area contributed by atoms with Gasteiger partial charge >= 0.3 is 5.97 Å². The standard InChI is InChI=1S/C18H23FN2O3.ClH/c19-14-7-3-1-6-13(14)10-20-17(22)11-21-15-8-4-2-5-12(15)9-16(21)18(23)24;/h1,3,6-7,12,15-16H,2,4-5,8-11H2,(H,20,22)(H,23,24);1H. The van der Waals surface area contributed by atoms with Crippen molar-refractivity contribution in [3.05, 3.63) is 35.6 Å². The molecule has 5 nitrogen and oxygen atoms in total. The number of rotatable bonds is 5. The van der Waals surface area contributed by atoms with Gasteiger partial charge in [0, 0.05) is 18.2 Å². The smallest absolute Gasteiger partial charge is 0.320 e. The molecule has 1 saturated heterocycles. The first-order chi connectivity index (χ1) is 11.6. The zero-order chi connectivity index (χ0) is 17.1. The van der Waals surface area contributed by atoms with E-state index in [-0.39, 0.29) is 43.3 Å². The summed E-state index contributed by atoms with van der Waals surface area (Å²) < 4.78 is 13.6. The van der Waals surface area contributed by atoms with Crippen molar-refractivity contribution in [2.75, 3.05) is 6.54 Å². The predicted molar refractivity (Wildman–Crippen MR) is 94.0 cm³/mol. The Kier molecular flexibility index (Phi) is 6.79. The van der Waals surface area contributed by atoms with E-state index in [2.05, 4.69) is 5.32 Å². The number of benzene rings is 1. The number of likely N-dealkylation sites (tertiary alicyclic amines) is 1. The summed E-state index contributed by atoms with van der Waals surface area (Å²) in [5, 5.41) is 12.2. The molecule has 25 heavy (non-hydrogen) atoms. The molecule has 0 aromatic heterocycles. The summed E-state index contributed by atoms with van der Waals surface area (Å²) in [6.07, 6.45) is 4.85. The maximum atomic E-state index is 13.6. The van der Waals surface area contributed by atoms with Crippen molar-refractivity contribution in [1.29, 1.82) is 0 Å². The highest BCUT2D eigenvalue weighted by molar-refractivity contribution is 5.85. The first-order valence-electron chi connectivity index (χ1n) is 8.55. The second-order valence-electron chi connectivity index (χ2n) is 6.74. The van der Waals surface area contributed by atoms with Gasteiger partial charge in [-0.3, -0.25) is 14.5 Å². The van der Waals surface area contributed by atoms with Crippen molar-refractivity contribution in [1.82, 2.24) is 10.2 Å². The number of fused-ring (bicyclic) bond motifs is 1.